The molecule has 0 unspecified atom stereocenters. The number of likely N-dealkylation sites (tertiary alicyclic amines) is 1. The highest BCUT2D eigenvalue weighted by atomic mass is 79.9. The van der Waals surface area contributed by atoms with Gasteiger partial charge in [0, 0.05) is 20.1 Å². The molecule has 2 aromatic rings. The first kappa shape index (κ1) is 14.5. The largest absolute Gasteiger partial charge is 0.329 e. The fourth-order valence-electron chi connectivity index (χ4n) is 2.84. The van der Waals surface area contributed by atoms with E-state index in [1.807, 2.05) is 4.57 Å². The number of aryl methyl sites for hydroxylation is 1. The average Bonchev–Trinajstić information content (AvgIpc) is 2.81. The van der Waals surface area contributed by atoms with Crippen LogP contribution in [0.15, 0.2) is 14.3 Å². The van der Waals surface area contributed by atoms with Crippen molar-refractivity contribution in [3.63, 3.8) is 0 Å². The van der Waals surface area contributed by atoms with Gasteiger partial charge in [0.1, 0.15) is 0 Å². The van der Waals surface area contributed by atoms with Crippen LogP contribution in [0, 0.1) is 0 Å². The zero-order valence-corrected chi connectivity index (χ0v) is 13.5. The molecule has 8 heteroatoms. The summed E-state index contributed by atoms with van der Waals surface area (Å²) in [4.78, 5) is 32.7. The molecule has 2 aromatic heterocycles. The minimum atomic E-state index is -0.444. The zero-order chi connectivity index (χ0) is 15.0. The summed E-state index contributed by atoms with van der Waals surface area (Å²) in [6.45, 7) is 3.78. The molecule has 0 aromatic carbocycles. The van der Waals surface area contributed by atoms with E-state index >= 15 is 0 Å². The molecule has 3 rings (SSSR count). The third-order valence-corrected chi connectivity index (χ3v) is 4.65. The Hall–Kier alpha value is -1.41. The number of piperidine rings is 1. The fourth-order valence-corrected chi connectivity index (χ4v) is 3.36. The van der Waals surface area contributed by atoms with E-state index in [1.165, 1.54) is 23.8 Å². The van der Waals surface area contributed by atoms with Crippen molar-refractivity contribution in [1.82, 2.24) is 24.0 Å². The van der Waals surface area contributed by atoms with Gasteiger partial charge >= 0.3 is 5.69 Å². The van der Waals surface area contributed by atoms with Crippen LogP contribution in [0.2, 0.25) is 0 Å². The maximum absolute atomic E-state index is 12.1. The van der Waals surface area contributed by atoms with Gasteiger partial charge in [-0.1, -0.05) is 6.42 Å². The molecule has 1 fully saturated rings. The number of hydrogen-bond acceptors (Lipinski definition) is 4. The Balaban J connectivity index is 1.95. The van der Waals surface area contributed by atoms with E-state index in [0.29, 0.717) is 22.4 Å². The molecule has 1 saturated heterocycles. The van der Waals surface area contributed by atoms with Crippen LogP contribution in [0.1, 0.15) is 19.3 Å². The molecule has 0 saturated carbocycles. The molecule has 1 aliphatic heterocycles. The van der Waals surface area contributed by atoms with Crippen molar-refractivity contribution in [1.29, 1.82) is 0 Å². The van der Waals surface area contributed by atoms with Crippen molar-refractivity contribution < 1.29 is 0 Å². The Morgan fingerprint density at radius 3 is 2.62 bits per heavy atom. The van der Waals surface area contributed by atoms with Crippen LogP contribution in [0.5, 0.6) is 0 Å². The molecular formula is C13H18BrN5O2. The minimum Gasteiger partial charge on any atom is -0.311 e. The van der Waals surface area contributed by atoms with Crippen molar-refractivity contribution in [2.75, 3.05) is 19.6 Å². The summed E-state index contributed by atoms with van der Waals surface area (Å²) in [5, 5.41) is 0. The summed E-state index contributed by atoms with van der Waals surface area (Å²) in [6, 6.07) is 0. The second-order valence-corrected chi connectivity index (χ2v) is 6.13. The van der Waals surface area contributed by atoms with Gasteiger partial charge in [0.25, 0.3) is 5.56 Å². The molecule has 0 spiro atoms. The van der Waals surface area contributed by atoms with E-state index in [-0.39, 0.29) is 5.56 Å². The van der Waals surface area contributed by atoms with Gasteiger partial charge < -0.3 is 9.47 Å². The van der Waals surface area contributed by atoms with Crippen LogP contribution < -0.4 is 11.2 Å². The lowest BCUT2D eigenvalue weighted by atomic mass is 10.1. The van der Waals surface area contributed by atoms with Gasteiger partial charge in [-0.25, -0.2) is 9.78 Å². The molecule has 7 nitrogen and oxygen atoms in total. The fraction of sp³-hybridized carbons (Fsp3) is 0.615. The third-order valence-electron chi connectivity index (χ3n) is 4.05. The van der Waals surface area contributed by atoms with E-state index in [4.69, 9.17) is 0 Å². The quantitative estimate of drug-likeness (QED) is 0.821. The van der Waals surface area contributed by atoms with Gasteiger partial charge in [0.15, 0.2) is 15.9 Å². The van der Waals surface area contributed by atoms with Crippen LogP contribution >= 0.6 is 15.9 Å². The van der Waals surface area contributed by atoms with E-state index in [2.05, 4.69) is 30.8 Å². The third kappa shape index (κ3) is 2.69. The molecule has 0 atom stereocenters. The summed E-state index contributed by atoms with van der Waals surface area (Å²) < 4.78 is 3.78. The predicted molar refractivity (Wildman–Crippen MR) is 83.6 cm³/mol. The van der Waals surface area contributed by atoms with Gasteiger partial charge in [-0.2, -0.15) is 0 Å². The molecule has 0 bridgehead atoms. The lowest BCUT2D eigenvalue weighted by Crippen LogP contribution is -2.33. The second-order valence-electron chi connectivity index (χ2n) is 5.43. The molecule has 1 aliphatic rings. The van der Waals surface area contributed by atoms with Gasteiger partial charge in [-0.15, -0.1) is 0 Å². The standard InChI is InChI=1S/C13H18BrN5O2/c1-17-10-9(11(20)16-13(17)21)19(12(14)15-10)8-7-18-5-3-2-4-6-18/h2-8H2,1H3,(H,16,20,21). The first-order valence-corrected chi connectivity index (χ1v) is 7.94. The molecule has 0 amide bonds. The highest BCUT2D eigenvalue weighted by molar-refractivity contribution is 9.10. The number of aromatic amines is 1. The van der Waals surface area contributed by atoms with E-state index in [1.54, 1.807) is 7.05 Å². The molecule has 0 radical (unpaired) electrons. The maximum atomic E-state index is 12.1. The Bertz CT molecular complexity index is 769. The van der Waals surface area contributed by atoms with E-state index in [0.717, 1.165) is 19.6 Å². The smallest absolute Gasteiger partial charge is 0.311 e. The normalized spacial score (nSPS) is 16.7. The van der Waals surface area contributed by atoms with Crippen LogP contribution in [0.4, 0.5) is 0 Å². The van der Waals surface area contributed by atoms with Gasteiger partial charge in [-0.3, -0.25) is 14.3 Å². The van der Waals surface area contributed by atoms with Gasteiger partial charge in [0.05, 0.1) is 0 Å². The number of rotatable bonds is 3. The first-order valence-electron chi connectivity index (χ1n) is 7.15. The number of halogens is 1. The number of nitrogens with one attached hydrogen (secondary N) is 1. The van der Waals surface area contributed by atoms with Crippen molar-refractivity contribution in [2.24, 2.45) is 7.05 Å². The number of aromatic nitrogens is 4. The minimum absolute atomic E-state index is 0.384. The maximum Gasteiger partial charge on any atom is 0.329 e. The van der Waals surface area contributed by atoms with Crippen molar-refractivity contribution in [3.8, 4) is 0 Å². The lowest BCUT2D eigenvalue weighted by molar-refractivity contribution is 0.221. The Morgan fingerprint density at radius 1 is 1.19 bits per heavy atom. The Morgan fingerprint density at radius 2 is 1.90 bits per heavy atom. The molecule has 0 aliphatic carbocycles. The number of imidazole rings is 1. The summed E-state index contributed by atoms with van der Waals surface area (Å²) >= 11 is 3.39. The van der Waals surface area contributed by atoms with Crippen LogP contribution in [0.25, 0.3) is 11.2 Å². The van der Waals surface area contributed by atoms with Crippen LogP contribution in [-0.2, 0) is 13.6 Å². The highest BCUT2D eigenvalue weighted by Crippen LogP contribution is 2.16. The summed E-state index contributed by atoms with van der Waals surface area (Å²) in [5.74, 6) is 0. The Kier molecular flexibility index (Phi) is 3.99. The summed E-state index contributed by atoms with van der Waals surface area (Å²) in [7, 11) is 1.61. The number of H-pyrrole nitrogens is 1. The van der Waals surface area contributed by atoms with Crippen molar-refractivity contribution in [3.05, 3.63) is 25.6 Å². The molecular weight excluding hydrogens is 338 g/mol. The first-order chi connectivity index (χ1) is 10.1. The summed E-state index contributed by atoms with van der Waals surface area (Å²) in [6.07, 6.45) is 3.78. The monoisotopic (exact) mass is 355 g/mol. The predicted octanol–water partition coefficient (Wildman–Crippen LogP) is 0.672. The van der Waals surface area contributed by atoms with E-state index < -0.39 is 5.69 Å². The Labute approximate surface area is 129 Å². The average molecular weight is 356 g/mol. The SMILES string of the molecule is Cn1c(=O)[nH]c(=O)c2c1nc(Br)n2CCN1CCCCC1. The molecule has 3 heterocycles. The topological polar surface area (TPSA) is 75.9 Å². The number of nitrogens with zero attached hydrogens (tertiary/aromatic N) is 4. The molecule has 21 heavy (non-hydrogen) atoms. The lowest BCUT2D eigenvalue weighted by Gasteiger charge is -2.26. The van der Waals surface area contributed by atoms with Gasteiger partial charge in [-0.05, 0) is 41.9 Å². The zero-order valence-electron chi connectivity index (χ0n) is 11.9. The van der Waals surface area contributed by atoms with Crippen LogP contribution in [-0.4, -0.2) is 43.6 Å². The second kappa shape index (κ2) is 5.76. The van der Waals surface area contributed by atoms with Crippen molar-refractivity contribution >= 4 is 27.1 Å². The molecule has 1 N–H and O–H groups in total. The molecule has 114 valence electrons. The summed E-state index contributed by atoms with van der Waals surface area (Å²) in [5.41, 5.74) is 0.0286. The highest BCUT2D eigenvalue weighted by Gasteiger charge is 2.17. The van der Waals surface area contributed by atoms with Crippen LogP contribution in [0.3, 0.4) is 0 Å². The van der Waals surface area contributed by atoms with Crippen molar-refractivity contribution in [2.45, 2.75) is 25.8 Å². The number of fused-ring (bicyclic) bond motifs is 1. The number of hydrogen-bond donors (Lipinski definition) is 1. The van der Waals surface area contributed by atoms with Gasteiger partial charge in [0.2, 0.25) is 0 Å². The van der Waals surface area contributed by atoms with E-state index in [9.17, 15) is 9.59 Å².